The maximum absolute atomic E-state index is 13.5. The highest BCUT2D eigenvalue weighted by molar-refractivity contribution is 7.99. The molecule has 2 aromatic rings. The molecule has 1 unspecified atom stereocenters. The van der Waals surface area contributed by atoms with Crippen molar-refractivity contribution in [3.05, 3.63) is 48.5 Å². The molecule has 2 fully saturated rings. The third-order valence-corrected chi connectivity index (χ3v) is 10.0. The molecule has 0 amide bonds. The van der Waals surface area contributed by atoms with Gasteiger partial charge in [-0.15, -0.1) is 11.8 Å². The van der Waals surface area contributed by atoms with Gasteiger partial charge in [-0.05, 0) is 36.8 Å². The third kappa shape index (κ3) is 6.87. The van der Waals surface area contributed by atoms with E-state index in [1.807, 2.05) is 35.2 Å². The zero-order valence-electron chi connectivity index (χ0n) is 20.5. The Hall–Kier alpha value is -1.92. The van der Waals surface area contributed by atoms with E-state index in [1.165, 1.54) is 11.8 Å². The highest BCUT2D eigenvalue weighted by atomic mass is 32.2. The molecule has 0 spiro atoms. The zero-order valence-corrected chi connectivity index (χ0v) is 23.0. The number of morpholine rings is 2. The Morgan fingerprint density at radius 3 is 2.31 bits per heavy atom. The molecule has 4 N–H and O–H groups in total. The number of anilines is 1. The summed E-state index contributed by atoms with van der Waals surface area (Å²) in [6, 6.07) is 10.7. The maximum atomic E-state index is 13.5. The van der Waals surface area contributed by atoms with E-state index in [2.05, 4.69) is 5.32 Å². The van der Waals surface area contributed by atoms with Crippen molar-refractivity contribution >= 4 is 37.3 Å². The summed E-state index contributed by atoms with van der Waals surface area (Å²) >= 11 is 1.40. The minimum atomic E-state index is -5.93. The average Bonchev–Trinajstić information content (AvgIpc) is 2.85. The van der Waals surface area contributed by atoms with Gasteiger partial charge >= 0.3 is 5.51 Å². The lowest BCUT2D eigenvalue weighted by Gasteiger charge is -2.51. The van der Waals surface area contributed by atoms with Gasteiger partial charge in [-0.25, -0.2) is 22.0 Å². The van der Waals surface area contributed by atoms with Crippen LogP contribution in [-0.2, 0) is 29.3 Å². The van der Waals surface area contributed by atoms with E-state index in [-0.39, 0.29) is 19.3 Å². The first-order chi connectivity index (χ1) is 18.2. The number of alkyl halides is 3. The third-order valence-electron chi connectivity index (χ3n) is 6.41. The van der Waals surface area contributed by atoms with E-state index in [0.717, 1.165) is 17.0 Å². The highest BCUT2D eigenvalue weighted by Crippen LogP contribution is 2.37. The van der Waals surface area contributed by atoms with Crippen LogP contribution in [0.25, 0.3) is 0 Å². The van der Waals surface area contributed by atoms with Gasteiger partial charge in [-0.1, -0.05) is 18.2 Å². The van der Waals surface area contributed by atoms with Gasteiger partial charge < -0.3 is 19.9 Å². The lowest BCUT2D eigenvalue weighted by atomic mass is 10.0. The Bertz CT molecular complexity index is 1370. The predicted octanol–water partition coefficient (Wildman–Crippen LogP) is 2.01. The summed E-state index contributed by atoms with van der Waals surface area (Å²) in [4.78, 5) is 0.701. The number of nitrogens with zero attached hydrogens (tertiary/aromatic N) is 1. The standard InChI is InChI=1S/C23H28F3N3O7S3/c24-23(25,26)38(31,32)21-10-19(39(27,33)34)6-7-20(21)28-16(13-37-18-4-2-1-3-5-18)8-9-29-17-11-35-14-22(29,30)15-36-12-17/h1-7,10,16-17,28,30H,8-9,11-15H2,(H2,27,33,34). The van der Waals surface area contributed by atoms with Crippen LogP contribution in [0.15, 0.2) is 63.2 Å². The van der Waals surface area contributed by atoms with Gasteiger partial charge in [0.2, 0.25) is 10.0 Å². The number of halogens is 3. The number of primary sulfonamides is 1. The molecule has 2 aliphatic rings. The number of thioether (sulfide) groups is 1. The lowest BCUT2D eigenvalue weighted by molar-refractivity contribution is -0.273. The molecule has 39 heavy (non-hydrogen) atoms. The van der Waals surface area contributed by atoms with E-state index in [1.54, 1.807) is 0 Å². The van der Waals surface area contributed by atoms with Gasteiger partial charge in [0, 0.05) is 23.2 Å². The van der Waals surface area contributed by atoms with Crippen LogP contribution in [0.3, 0.4) is 0 Å². The van der Waals surface area contributed by atoms with E-state index < -0.39 is 52.6 Å². The highest BCUT2D eigenvalue weighted by Gasteiger charge is 2.49. The van der Waals surface area contributed by atoms with Crippen molar-refractivity contribution in [2.45, 2.75) is 44.4 Å². The minimum absolute atomic E-state index is 0.0311. The number of benzene rings is 2. The van der Waals surface area contributed by atoms with Gasteiger partial charge in [-0.2, -0.15) is 13.2 Å². The number of hydrogen-bond acceptors (Lipinski definition) is 10. The Morgan fingerprint density at radius 1 is 1.10 bits per heavy atom. The summed E-state index contributed by atoms with van der Waals surface area (Å²) in [7, 11) is -10.4. The van der Waals surface area contributed by atoms with E-state index in [4.69, 9.17) is 14.6 Å². The van der Waals surface area contributed by atoms with Gasteiger partial charge in [-0.3, -0.25) is 4.90 Å². The summed E-state index contributed by atoms with van der Waals surface area (Å²) in [5.41, 5.74) is -7.45. The van der Waals surface area contributed by atoms with Gasteiger partial charge in [0.15, 0.2) is 5.72 Å². The maximum Gasteiger partial charge on any atom is 0.501 e. The van der Waals surface area contributed by atoms with Gasteiger partial charge in [0.25, 0.3) is 9.84 Å². The van der Waals surface area contributed by atoms with Crippen LogP contribution in [-0.4, -0.2) is 88.9 Å². The smallest absolute Gasteiger partial charge is 0.380 e. The largest absolute Gasteiger partial charge is 0.501 e. The molecule has 216 valence electrons. The number of fused-ring (bicyclic) bond motifs is 2. The summed E-state index contributed by atoms with van der Waals surface area (Å²) < 4.78 is 100.0. The number of rotatable bonds is 10. The second-order valence-corrected chi connectivity index (χ2v) is 13.8. The molecular formula is C23H28F3N3O7S3. The Labute approximate surface area is 228 Å². The van der Waals surface area contributed by atoms with Crippen LogP contribution in [0.1, 0.15) is 6.42 Å². The van der Waals surface area contributed by atoms with E-state index in [9.17, 15) is 35.1 Å². The molecular weight excluding hydrogens is 583 g/mol. The first kappa shape index (κ1) is 30.0. The summed E-state index contributed by atoms with van der Waals surface area (Å²) in [6.07, 6.45) is 0.293. The van der Waals surface area contributed by atoms with Crippen molar-refractivity contribution in [3.63, 3.8) is 0 Å². The average molecular weight is 612 g/mol. The quantitative estimate of drug-likeness (QED) is 0.341. The zero-order chi connectivity index (χ0) is 28.5. The molecule has 10 nitrogen and oxygen atoms in total. The van der Waals surface area contributed by atoms with Crippen LogP contribution in [0, 0.1) is 0 Å². The van der Waals surface area contributed by atoms with E-state index in [0.29, 0.717) is 38.0 Å². The number of nitrogens with one attached hydrogen (secondary N) is 1. The fourth-order valence-corrected chi connectivity index (χ4v) is 7.01. The Balaban J connectivity index is 1.64. The summed E-state index contributed by atoms with van der Waals surface area (Å²) in [5, 5.41) is 18.9. The fourth-order valence-electron chi connectivity index (χ4n) is 4.45. The number of aliphatic hydroxyl groups is 1. The van der Waals surface area contributed by atoms with Crippen LogP contribution in [0.5, 0.6) is 0 Å². The van der Waals surface area contributed by atoms with Crippen LogP contribution < -0.4 is 10.5 Å². The number of sulfonamides is 1. The van der Waals surface area contributed by atoms with Crippen LogP contribution in [0.2, 0.25) is 0 Å². The molecule has 0 aliphatic carbocycles. The second-order valence-electron chi connectivity index (χ2n) is 9.27. The first-order valence-electron chi connectivity index (χ1n) is 11.8. The molecule has 0 radical (unpaired) electrons. The summed E-state index contributed by atoms with van der Waals surface area (Å²) in [5.74, 6) is 0.316. The number of sulfone groups is 1. The topological polar surface area (TPSA) is 148 Å². The van der Waals surface area contributed by atoms with Crippen molar-refractivity contribution < 1.29 is 44.6 Å². The molecule has 2 aliphatic heterocycles. The fraction of sp³-hybridized carbons (Fsp3) is 0.478. The first-order valence-corrected chi connectivity index (χ1v) is 15.8. The van der Waals surface area contributed by atoms with Crippen LogP contribution in [0.4, 0.5) is 18.9 Å². The predicted molar refractivity (Wildman–Crippen MR) is 137 cm³/mol. The summed E-state index contributed by atoms with van der Waals surface area (Å²) in [6.45, 7) is 1.04. The molecule has 0 saturated carbocycles. The van der Waals surface area contributed by atoms with Crippen molar-refractivity contribution in [2.24, 2.45) is 5.14 Å². The molecule has 2 saturated heterocycles. The van der Waals surface area contributed by atoms with Gasteiger partial charge in [0.1, 0.15) is 4.90 Å². The SMILES string of the molecule is NS(=O)(=O)c1ccc(NC(CCN2C3COCC2(O)COC3)CSc2ccccc2)c(S(=O)(=O)C(F)(F)F)c1. The minimum Gasteiger partial charge on any atom is -0.380 e. The number of ether oxygens (including phenoxy) is 2. The van der Waals surface area contributed by atoms with Gasteiger partial charge in [0.05, 0.1) is 43.1 Å². The molecule has 0 aromatic heterocycles. The lowest BCUT2D eigenvalue weighted by Crippen LogP contribution is -2.68. The van der Waals surface area contributed by atoms with Crippen molar-refractivity contribution in [2.75, 3.05) is 44.0 Å². The van der Waals surface area contributed by atoms with Crippen molar-refractivity contribution in [3.8, 4) is 0 Å². The second kappa shape index (κ2) is 11.5. The molecule has 2 bridgehead atoms. The Morgan fingerprint density at radius 2 is 1.74 bits per heavy atom. The molecule has 4 rings (SSSR count). The molecule has 2 aromatic carbocycles. The number of hydrogen-bond donors (Lipinski definition) is 3. The van der Waals surface area contributed by atoms with Crippen molar-refractivity contribution in [1.29, 1.82) is 0 Å². The number of nitrogens with two attached hydrogens (primary N) is 1. The van der Waals surface area contributed by atoms with Crippen molar-refractivity contribution in [1.82, 2.24) is 4.90 Å². The normalized spacial score (nSPS) is 23.4. The molecule has 16 heteroatoms. The monoisotopic (exact) mass is 611 g/mol. The van der Waals surface area contributed by atoms with Crippen LogP contribution >= 0.6 is 11.8 Å². The molecule has 1 atom stereocenters. The van der Waals surface area contributed by atoms with E-state index >= 15 is 0 Å². The Kier molecular flexibility index (Phi) is 8.88. The molecule has 2 heterocycles.